The lowest BCUT2D eigenvalue weighted by Gasteiger charge is -2.36. The maximum atomic E-state index is 13.8. The SMILES string of the molecule is CN=C(N)N1CCN(S(=O)(=O)C2=CN=C3C(C2)[C@](C)(Cc2ccc(Br)cc2)C(=N)N3c2cc(Cl)cc(Cl)c2)CC1. The number of hydrogen-bond acceptors (Lipinski definition) is 5. The number of amidine groups is 2. The number of nitrogens with two attached hydrogens (primary N) is 1. The number of sulfonamides is 1. The van der Waals surface area contributed by atoms with Gasteiger partial charge in [-0.3, -0.25) is 15.3 Å². The minimum Gasteiger partial charge on any atom is -0.370 e. The number of benzene rings is 2. The number of halogens is 3. The van der Waals surface area contributed by atoms with Gasteiger partial charge in [-0.2, -0.15) is 4.31 Å². The number of rotatable bonds is 5. The van der Waals surface area contributed by atoms with Crippen molar-refractivity contribution in [2.45, 2.75) is 19.8 Å². The van der Waals surface area contributed by atoms with E-state index in [-0.39, 0.29) is 17.2 Å². The van der Waals surface area contributed by atoms with Crippen LogP contribution in [-0.4, -0.2) is 68.5 Å². The molecule has 3 N–H and O–H groups in total. The summed E-state index contributed by atoms with van der Waals surface area (Å²) in [5.74, 6) is 0.962. The summed E-state index contributed by atoms with van der Waals surface area (Å²) in [6.07, 6.45) is 2.18. The number of nitrogens with zero attached hydrogens (tertiary/aromatic N) is 5. The van der Waals surface area contributed by atoms with Gasteiger partial charge in [0.2, 0.25) is 10.0 Å². The molecule has 0 radical (unpaired) electrons. The number of nitrogens with one attached hydrogen (secondary N) is 1. The van der Waals surface area contributed by atoms with Gasteiger partial charge < -0.3 is 10.6 Å². The minimum absolute atomic E-state index is 0.222. The van der Waals surface area contributed by atoms with Crippen LogP contribution in [0.15, 0.2) is 68.0 Å². The second-order valence-electron chi connectivity index (χ2n) is 10.3. The number of allylic oxidation sites excluding steroid dienone is 1. The van der Waals surface area contributed by atoms with E-state index in [0.29, 0.717) is 66.0 Å². The highest BCUT2D eigenvalue weighted by Crippen LogP contribution is 2.49. The Hall–Kier alpha value is -2.44. The largest absolute Gasteiger partial charge is 0.370 e. The maximum Gasteiger partial charge on any atom is 0.240 e. The fourth-order valence-corrected chi connectivity index (χ4v) is 7.95. The highest BCUT2D eigenvalue weighted by Gasteiger charge is 2.54. The fraction of sp³-hybridized carbons (Fsp3) is 0.370. The van der Waals surface area contributed by atoms with E-state index in [1.807, 2.05) is 36.1 Å². The van der Waals surface area contributed by atoms with Crippen LogP contribution in [0.3, 0.4) is 0 Å². The lowest BCUT2D eigenvalue weighted by Crippen LogP contribution is -2.52. The molecule has 2 aromatic carbocycles. The Morgan fingerprint density at radius 2 is 1.77 bits per heavy atom. The van der Waals surface area contributed by atoms with Gasteiger partial charge in [-0.05, 0) is 48.7 Å². The third kappa shape index (κ3) is 5.30. The molecule has 3 heterocycles. The molecular formula is C27H30BrCl2N7O2S. The molecule has 3 aliphatic rings. The number of fused-ring (bicyclic) bond motifs is 1. The van der Waals surface area contributed by atoms with E-state index in [2.05, 4.69) is 20.9 Å². The second-order valence-corrected chi connectivity index (χ2v) is 14.1. The van der Waals surface area contributed by atoms with Crippen molar-refractivity contribution >= 4 is 72.5 Å². The van der Waals surface area contributed by atoms with E-state index >= 15 is 0 Å². The Bertz CT molecular complexity index is 1520. The monoisotopic (exact) mass is 665 g/mol. The Morgan fingerprint density at radius 3 is 2.38 bits per heavy atom. The Morgan fingerprint density at radius 1 is 1.15 bits per heavy atom. The summed E-state index contributed by atoms with van der Waals surface area (Å²) in [5, 5.41) is 10.2. The van der Waals surface area contributed by atoms with Crippen LogP contribution in [0.4, 0.5) is 5.69 Å². The van der Waals surface area contributed by atoms with E-state index < -0.39 is 15.4 Å². The van der Waals surface area contributed by atoms with Gasteiger partial charge in [0.25, 0.3) is 0 Å². The molecule has 2 atom stereocenters. The van der Waals surface area contributed by atoms with Gasteiger partial charge >= 0.3 is 0 Å². The Kier molecular flexibility index (Phi) is 8.06. The first-order chi connectivity index (χ1) is 18.9. The molecule has 5 rings (SSSR count). The minimum atomic E-state index is -3.78. The molecule has 0 amide bonds. The van der Waals surface area contributed by atoms with Crippen molar-refractivity contribution in [3.05, 3.63) is 73.7 Å². The first-order valence-corrected chi connectivity index (χ1v) is 15.8. The lowest BCUT2D eigenvalue weighted by molar-refractivity contribution is 0.264. The van der Waals surface area contributed by atoms with Crippen molar-refractivity contribution < 1.29 is 8.42 Å². The van der Waals surface area contributed by atoms with Crippen molar-refractivity contribution in [2.24, 2.45) is 27.1 Å². The predicted octanol–water partition coefficient (Wildman–Crippen LogP) is 4.95. The van der Waals surface area contributed by atoms with Gasteiger partial charge in [0.05, 0.1) is 10.6 Å². The third-order valence-corrected chi connectivity index (χ3v) is 10.8. The number of anilines is 1. The molecule has 0 bridgehead atoms. The van der Waals surface area contributed by atoms with E-state index in [9.17, 15) is 13.8 Å². The van der Waals surface area contributed by atoms with Crippen molar-refractivity contribution in [3.63, 3.8) is 0 Å². The van der Waals surface area contributed by atoms with Gasteiger partial charge in [-0.25, -0.2) is 13.4 Å². The fourth-order valence-electron chi connectivity index (χ4n) is 5.63. The zero-order chi connectivity index (χ0) is 28.8. The predicted molar refractivity (Wildman–Crippen MR) is 166 cm³/mol. The lowest BCUT2D eigenvalue weighted by atomic mass is 9.72. The van der Waals surface area contributed by atoms with E-state index in [0.717, 1.165) is 10.0 Å². The van der Waals surface area contributed by atoms with Crippen LogP contribution in [0, 0.1) is 16.7 Å². The summed E-state index contributed by atoms with van der Waals surface area (Å²) < 4.78 is 30.1. The average molecular weight is 667 g/mol. The Balaban J connectivity index is 1.51. The number of aliphatic imine (C=N–C) groups is 2. The van der Waals surface area contributed by atoms with E-state index in [1.165, 1.54) is 10.5 Å². The first-order valence-electron chi connectivity index (χ1n) is 12.8. The van der Waals surface area contributed by atoms with Crippen LogP contribution >= 0.6 is 39.1 Å². The topological polar surface area (TPSA) is 118 Å². The summed E-state index contributed by atoms with van der Waals surface area (Å²) in [4.78, 5) is 12.6. The maximum absolute atomic E-state index is 13.8. The molecule has 212 valence electrons. The molecule has 1 unspecified atom stereocenters. The second kappa shape index (κ2) is 11.1. The molecule has 2 saturated heterocycles. The van der Waals surface area contributed by atoms with Crippen LogP contribution in [0.1, 0.15) is 18.9 Å². The molecule has 2 aromatic rings. The first kappa shape index (κ1) is 29.1. The summed E-state index contributed by atoms with van der Waals surface area (Å²) in [5.41, 5.74) is 6.84. The Labute approximate surface area is 253 Å². The highest BCUT2D eigenvalue weighted by atomic mass is 79.9. The van der Waals surface area contributed by atoms with Crippen LogP contribution < -0.4 is 10.6 Å². The molecular weight excluding hydrogens is 637 g/mol. The molecule has 40 heavy (non-hydrogen) atoms. The van der Waals surface area contributed by atoms with Crippen LogP contribution in [-0.2, 0) is 16.4 Å². The molecule has 0 saturated carbocycles. The molecule has 3 aliphatic heterocycles. The molecule has 2 fully saturated rings. The molecule has 9 nitrogen and oxygen atoms in total. The zero-order valence-electron chi connectivity index (χ0n) is 22.1. The summed E-state index contributed by atoms with van der Waals surface area (Å²) in [7, 11) is -2.16. The van der Waals surface area contributed by atoms with E-state index in [1.54, 1.807) is 30.1 Å². The van der Waals surface area contributed by atoms with Crippen molar-refractivity contribution in [3.8, 4) is 0 Å². The zero-order valence-corrected chi connectivity index (χ0v) is 26.0. The van der Waals surface area contributed by atoms with Gasteiger partial charge in [-0.1, -0.05) is 58.2 Å². The smallest absolute Gasteiger partial charge is 0.240 e. The van der Waals surface area contributed by atoms with E-state index in [4.69, 9.17) is 33.9 Å². The summed E-state index contributed by atoms with van der Waals surface area (Å²) in [6.45, 7) is 3.53. The van der Waals surface area contributed by atoms with Gasteiger partial charge in [0.15, 0.2) is 5.96 Å². The summed E-state index contributed by atoms with van der Waals surface area (Å²) in [6, 6.07) is 13.1. The van der Waals surface area contributed by atoms with Crippen LogP contribution in [0.25, 0.3) is 0 Å². The van der Waals surface area contributed by atoms with Crippen molar-refractivity contribution in [1.29, 1.82) is 5.41 Å². The molecule has 0 aliphatic carbocycles. The molecule has 0 aromatic heterocycles. The van der Waals surface area contributed by atoms with Crippen molar-refractivity contribution in [1.82, 2.24) is 9.21 Å². The average Bonchev–Trinajstić information content (AvgIpc) is 3.14. The summed E-state index contributed by atoms with van der Waals surface area (Å²) >= 11 is 16.2. The quantitative estimate of drug-likeness (QED) is 0.346. The highest BCUT2D eigenvalue weighted by molar-refractivity contribution is 9.10. The third-order valence-electron chi connectivity index (χ3n) is 7.87. The molecule has 0 spiro atoms. The standard InChI is InChI=1S/C27H30BrCl2N7O2S/c1-27(15-17-3-5-18(28)6-4-17)23-14-22(40(38,39)36-9-7-35(8-10-36)26(32)33-2)16-34-24(23)37(25(27)31)21-12-19(29)11-20(30)13-21/h3-6,11-13,16,23,31H,7-10,14-15H2,1-2H3,(H2,32,33)/t23?,27-/m0/s1. The van der Waals surface area contributed by atoms with Gasteiger partial charge in [0, 0.05) is 65.3 Å². The van der Waals surface area contributed by atoms with Crippen LogP contribution in [0.2, 0.25) is 10.0 Å². The number of guanidine groups is 1. The van der Waals surface area contributed by atoms with Gasteiger partial charge in [0.1, 0.15) is 11.7 Å². The number of piperazine rings is 1. The van der Waals surface area contributed by atoms with Crippen molar-refractivity contribution in [2.75, 3.05) is 38.1 Å². The number of hydrogen-bond donors (Lipinski definition) is 2. The van der Waals surface area contributed by atoms with Gasteiger partial charge in [-0.15, -0.1) is 0 Å². The molecule has 13 heteroatoms. The van der Waals surface area contributed by atoms with Crippen LogP contribution in [0.5, 0.6) is 0 Å². The normalized spacial score (nSPS) is 24.2.